The van der Waals surface area contributed by atoms with Gasteiger partial charge >= 0.3 is 23.1 Å². The average Bonchev–Trinajstić information content (AvgIpc) is 1.37. The Bertz CT molecular complexity index is 8.85. The van der Waals surface area contributed by atoms with Crippen molar-refractivity contribution in [1.29, 1.82) is 0 Å². The molecule has 0 aromatic carbocycles. The molecule has 0 aliphatic carbocycles. The fraction of sp³-hybridized carbons (Fsp3) is 0.667. The second-order valence-electron chi connectivity index (χ2n) is 0.558. The van der Waals surface area contributed by atoms with E-state index in [0.717, 1.165) is 0 Å². The maximum Gasteiger partial charge on any atom is 2.00 e. The largest absolute Gasteiger partial charge is 2.00 e. The molecule has 0 spiro atoms. The van der Waals surface area contributed by atoms with E-state index >= 15 is 0 Å². The second kappa shape index (κ2) is 8.83. The Morgan fingerprint density at radius 1 is 1.60 bits per heavy atom. The summed E-state index contributed by atoms with van der Waals surface area (Å²) in [7, 11) is 0. The van der Waals surface area contributed by atoms with Crippen LogP contribution in [-0.4, -0.2) is 29.7 Å². The smallest absolute Gasteiger partial charge is 0.856 e. The van der Waals surface area contributed by atoms with Crippen LogP contribution in [-0.2, 0) is 0 Å². The van der Waals surface area contributed by atoms with Crippen LogP contribution in [0, 0.1) is 6.92 Å². The van der Waals surface area contributed by atoms with Crippen LogP contribution in [0.1, 0.15) is 6.42 Å². The van der Waals surface area contributed by atoms with Gasteiger partial charge in [0.2, 0.25) is 0 Å². The first-order valence-corrected chi connectivity index (χ1v) is 1.29. The summed E-state index contributed by atoms with van der Waals surface area (Å²) in [6.07, 6.45) is 0.514. The molecule has 0 radical (unpaired) electrons. The van der Waals surface area contributed by atoms with Crippen molar-refractivity contribution in [2.75, 3.05) is 6.61 Å². The monoisotopic (exact) mass is 82.0 g/mol. The minimum atomic E-state index is -0.0417. The predicted octanol–water partition coefficient (Wildman–Crippen LogP) is -0.810. The molecule has 0 rings (SSSR count). The molecule has 0 atom stereocenters. The van der Waals surface area contributed by atoms with Crippen molar-refractivity contribution in [1.82, 2.24) is 0 Å². The van der Waals surface area contributed by atoms with Crippen molar-refractivity contribution in [3.63, 3.8) is 0 Å². The van der Waals surface area contributed by atoms with Gasteiger partial charge < -0.3 is 12.0 Å². The van der Waals surface area contributed by atoms with Crippen LogP contribution >= 0.6 is 0 Å². The van der Waals surface area contributed by atoms with Gasteiger partial charge in [-0.05, 0) is 0 Å². The number of hydrogen-bond acceptors (Lipinski definition) is 1. The molecule has 0 fully saturated rings. The summed E-state index contributed by atoms with van der Waals surface area (Å²) < 4.78 is 0. The van der Waals surface area contributed by atoms with Crippen molar-refractivity contribution in [3.05, 3.63) is 6.92 Å². The molecule has 0 aromatic rings. The van der Waals surface area contributed by atoms with Crippen molar-refractivity contribution < 1.29 is 5.11 Å². The molecule has 0 bridgehead atoms. The molecular formula is C3H6MgO. The van der Waals surface area contributed by atoms with E-state index in [4.69, 9.17) is 0 Å². The van der Waals surface area contributed by atoms with Crippen LogP contribution < -0.4 is 5.11 Å². The molecular weight excluding hydrogens is 76.3 g/mol. The van der Waals surface area contributed by atoms with E-state index in [1.54, 1.807) is 0 Å². The molecule has 0 saturated heterocycles. The first-order valence-electron chi connectivity index (χ1n) is 1.29. The summed E-state index contributed by atoms with van der Waals surface area (Å²) in [4.78, 5) is 0. The zero-order chi connectivity index (χ0) is 3.41. The summed E-state index contributed by atoms with van der Waals surface area (Å²) in [5.41, 5.74) is 0. The Labute approximate surface area is 48.5 Å². The number of rotatable bonds is 1. The van der Waals surface area contributed by atoms with E-state index < -0.39 is 0 Å². The first-order chi connectivity index (χ1) is 1.91. The normalized spacial score (nSPS) is 6.00. The van der Waals surface area contributed by atoms with Gasteiger partial charge in [-0.1, -0.05) is 0 Å². The van der Waals surface area contributed by atoms with Crippen molar-refractivity contribution in [2.45, 2.75) is 6.42 Å². The van der Waals surface area contributed by atoms with Crippen LogP contribution in [0.5, 0.6) is 0 Å². The summed E-state index contributed by atoms with van der Waals surface area (Å²) in [6.45, 7) is 3.25. The van der Waals surface area contributed by atoms with Gasteiger partial charge in [0.1, 0.15) is 0 Å². The van der Waals surface area contributed by atoms with E-state index in [-0.39, 0.29) is 29.7 Å². The minimum absolute atomic E-state index is 0. The molecule has 0 unspecified atom stereocenters. The summed E-state index contributed by atoms with van der Waals surface area (Å²) in [5.74, 6) is 0. The van der Waals surface area contributed by atoms with Crippen LogP contribution in [0.3, 0.4) is 0 Å². The van der Waals surface area contributed by atoms with Crippen molar-refractivity contribution in [3.8, 4) is 0 Å². The SMILES string of the molecule is [CH2-]CC[O-].[Mg+2]. The molecule has 0 heterocycles. The Hall–Kier alpha value is 0.726. The first kappa shape index (κ1) is 9.21. The minimum Gasteiger partial charge on any atom is -0.856 e. The van der Waals surface area contributed by atoms with Crippen LogP contribution in [0.15, 0.2) is 0 Å². The van der Waals surface area contributed by atoms with Gasteiger partial charge in [-0.3, -0.25) is 0 Å². The molecule has 0 amide bonds. The Morgan fingerprint density at radius 2 is 1.80 bits per heavy atom. The molecule has 5 heavy (non-hydrogen) atoms. The van der Waals surface area contributed by atoms with Gasteiger partial charge in [-0.25, -0.2) is 0 Å². The van der Waals surface area contributed by atoms with Gasteiger partial charge in [0.05, 0.1) is 0 Å². The predicted molar refractivity (Wildman–Crippen MR) is 20.6 cm³/mol. The van der Waals surface area contributed by atoms with E-state index in [1.165, 1.54) is 0 Å². The molecule has 0 saturated carbocycles. The molecule has 26 valence electrons. The van der Waals surface area contributed by atoms with E-state index in [0.29, 0.717) is 6.42 Å². The van der Waals surface area contributed by atoms with Gasteiger partial charge in [-0.15, -0.1) is 0 Å². The molecule has 0 aliphatic heterocycles. The third kappa shape index (κ3) is 11.8. The van der Waals surface area contributed by atoms with E-state index in [1.807, 2.05) is 0 Å². The quantitative estimate of drug-likeness (QED) is 0.300. The zero-order valence-corrected chi connectivity index (χ0v) is 4.65. The molecule has 0 aliphatic rings. The fourth-order valence-electron chi connectivity index (χ4n) is 0. The summed E-state index contributed by atoms with van der Waals surface area (Å²) >= 11 is 0. The van der Waals surface area contributed by atoms with Crippen molar-refractivity contribution >= 4 is 23.1 Å². The van der Waals surface area contributed by atoms with Gasteiger partial charge in [-0.2, -0.15) is 13.0 Å². The molecule has 0 aromatic heterocycles. The standard InChI is InChI=1S/C3H6O.Mg/c1-2-3-4;/h1-3H2;/q-2;+2. The Morgan fingerprint density at radius 3 is 1.80 bits per heavy atom. The summed E-state index contributed by atoms with van der Waals surface area (Å²) in [6, 6.07) is 0. The van der Waals surface area contributed by atoms with E-state index in [9.17, 15) is 5.11 Å². The molecule has 2 heteroatoms. The molecule has 1 nitrogen and oxygen atoms in total. The van der Waals surface area contributed by atoms with Crippen LogP contribution in [0.2, 0.25) is 0 Å². The maximum absolute atomic E-state index is 9.24. The average molecular weight is 82.4 g/mol. The van der Waals surface area contributed by atoms with E-state index in [2.05, 4.69) is 6.92 Å². The topological polar surface area (TPSA) is 23.1 Å². The van der Waals surface area contributed by atoms with Crippen LogP contribution in [0.4, 0.5) is 0 Å². The maximum atomic E-state index is 9.24. The van der Waals surface area contributed by atoms with Gasteiger partial charge in [0.15, 0.2) is 0 Å². The Balaban J connectivity index is 0. The third-order valence-corrected chi connectivity index (χ3v) is 0.144. The summed E-state index contributed by atoms with van der Waals surface area (Å²) in [5, 5.41) is 9.24. The third-order valence-electron chi connectivity index (χ3n) is 0.144. The molecule has 0 N–H and O–H groups in total. The van der Waals surface area contributed by atoms with Gasteiger partial charge in [0, 0.05) is 0 Å². The van der Waals surface area contributed by atoms with Crippen LogP contribution in [0.25, 0.3) is 0 Å². The number of hydrogen-bond donors (Lipinski definition) is 0. The van der Waals surface area contributed by atoms with Gasteiger partial charge in [0.25, 0.3) is 0 Å². The fourth-order valence-corrected chi connectivity index (χ4v) is 0. The zero-order valence-electron chi connectivity index (χ0n) is 3.24. The van der Waals surface area contributed by atoms with Crippen molar-refractivity contribution in [2.24, 2.45) is 0 Å². The second-order valence-corrected chi connectivity index (χ2v) is 0.558. The Kier molecular flexibility index (Phi) is 16.3.